The van der Waals surface area contributed by atoms with E-state index in [9.17, 15) is 27.9 Å². The zero-order chi connectivity index (χ0) is 27.1. The van der Waals surface area contributed by atoms with E-state index in [0.717, 1.165) is 6.26 Å². The standard InChI is InChI=1S/C27H28ClNO7S/c1-16(14-30)10-23(31)29-9-5-8-27(15-29)25(32)24(26(33)36-27)20-13-22(28)21(11-17(20)2)18-6-4-7-19(12-18)37(3,34)35/h4,6-7,10-13,24,30H,5,8-9,14-15H2,1-3H3. The first kappa shape index (κ1) is 27.0. The number of hydrogen-bond donors (Lipinski definition) is 1. The van der Waals surface area contributed by atoms with Gasteiger partial charge in [-0.1, -0.05) is 23.7 Å². The largest absolute Gasteiger partial charge is 0.448 e. The number of ether oxygens (including phenoxy) is 1. The number of likely N-dealkylation sites (tertiary alicyclic amines) is 1. The summed E-state index contributed by atoms with van der Waals surface area (Å²) in [6.07, 6.45) is 3.24. The number of carbonyl (C=O) groups excluding carboxylic acids is 3. The molecule has 2 fully saturated rings. The normalized spacial score (nSPS) is 22.5. The fourth-order valence-corrected chi connectivity index (χ4v) is 5.85. The molecular formula is C27H28ClNO7S. The third kappa shape index (κ3) is 5.21. The number of rotatable bonds is 5. The summed E-state index contributed by atoms with van der Waals surface area (Å²) in [5.41, 5.74) is 1.26. The van der Waals surface area contributed by atoms with Gasteiger partial charge in [-0.05, 0) is 73.2 Å². The lowest BCUT2D eigenvalue weighted by Gasteiger charge is -2.37. The number of halogens is 1. The molecule has 2 heterocycles. The molecule has 1 amide bonds. The average Bonchev–Trinajstić information content (AvgIpc) is 3.08. The average molecular weight is 546 g/mol. The molecule has 2 aliphatic heterocycles. The second-order valence-electron chi connectivity index (χ2n) is 9.71. The van der Waals surface area contributed by atoms with Crippen LogP contribution >= 0.6 is 11.6 Å². The van der Waals surface area contributed by atoms with E-state index in [1.807, 2.05) is 0 Å². The predicted octanol–water partition coefficient (Wildman–Crippen LogP) is 3.23. The van der Waals surface area contributed by atoms with Gasteiger partial charge in [-0.25, -0.2) is 8.42 Å². The first-order valence-electron chi connectivity index (χ1n) is 11.8. The fourth-order valence-electron chi connectivity index (χ4n) is 4.91. The molecular weight excluding hydrogens is 518 g/mol. The van der Waals surface area contributed by atoms with E-state index >= 15 is 0 Å². The van der Waals surface area contributed by atoms with Crippen molar-refractivity contribution in [3.63, 3.8) is 0 Å². The molecule has 196 valence electrons. The van der Waals surface area contributed by atoms with Gasteiger partial charge in [0.25, 0.3) is 0 Å². The Kier molecular flexibility index (Phi) is 7.34. The predicted molar refractivity (Wildman–Crippen MR) is 138 cm³/mol. The molecule has 2 aliphatic rings. The minimum absolute atomic E-state index is 0.0503. The molecule has 4 rings (SSSR count). The van der Waals surface area contributed by atoms with Crippen LogP contribution in [-0.4, -0.2) is 67.6 Å². The molecule has 0 bridgehead atoms. The molecule has 2 atom stereocenters. The Bertz CT molecular complexity index is 1430. The number of piperidine rings is 1. The topological polar surface area (TPSA) is 118 Å². The molecule has 2 aromatic rings. The molecule has 0 saturated carbocycles. The van der Waals surface area contributed by atoms with Crippen LogP contribution in [0.15, 0.2) is 52.9 Å². The number of hydrogen-bond acceptors (Lipinski definition) is 7. The smallest absolute Gasteiger partial charge is 0.322 e. The van der Waals surface area contributed by atoms with Gasteiger partial charge in [0, 0.05) is 29.5 Å². The molecule has 1 spiro atoms. The first-order valence-corrected chi connectivity index (χ1v) is 14.1. The number of Topliss-reactive ketones (excluding diaryl/α,β-unsaturated/α-hetero) is 1. The number of sulfone groups is 1. The lowest BCUT2D eigenvalue weighted by atomic mass is 9.81. The van der Waals surface area contributed by atoms with E-state index in [0.29, 0.717) is 47.2 Å². The van der Waals surface area contributed by atoms with Crippen molar-refractivity contribution in [2.75, 3.05) is 26.0 Å². The molecule has 8 nitrogen and oxygen atoms in total. The number of amides is 1. The molecule has 0 aliphatic carbocycles. The van der Waals surface area contributed by atoms with Crippen LogP contribution < -0.4 is 0 Å². The van der Waals surface area contributed by atoms with E-state index in [1.165, 1.54) is 23.1 Å². The third-order valence-corrected chi connectivity index (χ3v) is 8.29. The van der Waals surface area contributed by atoms with E-state index < -0.39 is 33.1 Å². The van der Waals surface area contributed by atoms with Crippen molar-refractivity contribution in [1.29, 1.82) is 0 Å². The van der Waals surface area contributed by atoms with Crippen molar-refractivity contribution >= 4 is 39.1 Å². The van der Waals surface area contributed by atoms with E-state index in [4.69, 9.17) is 16.3 Å². The quantitative estimate of drug-likeness (QED) is 0.348. The Labute approximate surface area is 220 Å². The molecule has 2 aromatic carbocycles. The Morgan fingerprint density at radius 3 is 2.68 bits per heavy atom. The molecule has 37 heavy (non-hydrogen) atoms. The molecule has 2 saturated heterocycles. The van der Waals surface area contributed by atoms with Crippen molar-refractivity contribution in [3.05, 3.63) is 64.2 Å². The van der Waals surface area contributed by atoms with Crippen LogP contribution in [0.5, 0.6) is 0 Å². The van der Waals surface area contributed by atoms with Crippen LogP contribution in [0, 0.1) is 6.92 Å². The highest BCUT2D eigenvalue weighted by Crippen LogP contribution is 2.43. The summed E-state index contributed by atoms with van der Waals surface area (Å²) in [6, 6.07) is 9.67. The molecule has 2 unspecified atom stereocenters. The Morgan fingerprint density at radius 2 is 2.00 bits per heavy atom. The maximum Gasteiger partial charge on any atom is 0.322 e. The van der Waals surface area contributed by atoms with Gasteiger partial charge < -0.3 is 14.7 Å². The second kappa shape index (κ2) is 10.0. The highest BCUT2D eigenvalue weighted by Gasteiger charge is 2.57. The summed E-state index contributed by atoms with van der Waals surface area (Å²) in [4.78, 5) is 40.9. The minimum atomic E-state index is -3.42. The molecule has 10 heteroatoms. The summed E-state index contributed by atoms with van der Waals surface area (Å²) in [5.74, 6) is -2.63. The Hall–Kier alpha value is -3.01. The minimum Gasteiger partial charge on any atom is -0.448 e. The lowest BCUT2D eigenvalue weighted by Crippen LogP contribution is -2.53. The summed E-state index contributed by atoms with van der Waals surface area (Å²) in [5, 5.41) is 9.48. The van der Waals surface area contributed by atoms with Crippen molar-refractivity contribution in [3.8, 4) is 11.1 Å². The van der Waals surface area contributed by atoms with Gasteiger partial charge in [0.2, 0.25) is 5.91 Å². The maximum atomic E-state index is 13.7. The van der Waals surface area contributed by atoms with Crippen LogP contribution in [-0.2, 0) is 29.0 Å². The number of nitrogens with zero attached hydrogens (tertiary/aromatic N) is 1. The van der Waals surface area contributed by atoms with Gasteiger partial charge in [-0.15, -0.1) is 0 Å². The third-order valence-electron chi connectivity index (χ3n) is 6.87. The number of benzene rings is 2. The summed E-state index contributed by atoms with van der Waals surface area (Å²) in [7, 11) is -3.42. The van der Waals surface area contributed by atoms with Crippen molar-refractivity contribution in [2.24, 2.45) is 0 Å². The van der Waals surface area contributed by atoms with E-state index in [1.54, 1.807) is 38.1 Å². The van der Waals surface area contributed by atoms with Crippen molar-refractivity contribution < 1.29 is 32.6 Å². The maximum absolute atomic E-state index is 13.7. The highest BCUT2D eigenvalue weighted by molar-refractivity contribution is 7.90. The van der Waals surface area contributed by atoms with Crippen LogP contribution in [0.1, 0.15) is 36.8 Å². The Morgan fingerprint density at radius 1 is 1.27 bits per heavy atom. The highest BCUT2D eigenvalue weighted by atomic mass is 35.5. The van der Waals surface area contributed by atoms with Gasteiger partial charge in [0.05, 0.1) is 18.0 Å². The Balaban J connectivity index is 1.66. The number of aliphatic hydroxyl groups is 1. The molecule has 0 radical (unpaired) electrons. The summed E-state index contributed by atoms with van der Waals surface area (Å²) in [6.45, 7) is 3.49. The van der Waals surface area contributed by atoms with Crippen LogP contribution in [0.3, 0.4) is 0 Å². The van der Waals surface area contributed by atoms with Crippen LogP contribution in [0.25, 0.3) is 11.1 Å². The van der Waals surface area contributed by atoms with Gasteiger partial charge in [0.15, 0.2) is 21.2 Å². The van der Waals surface area contributed by atoms with Crippen LogP contribution in [0.4, 0.5) is 0 Å². The number of aliphatic hydroxyl groups excluding tert-OH is 1. The number of aryl methyl sites for hydroxylation is 1. The number of ketones is 1. The SMILES string of the molecule is CC(=CC(=O)N1CCCC2(C1)OC(=O)C(c1cc(Cl)c(-c3cccc(S(C)(=O)=O)c3)cc1C)C2=O)CO. The zero-order valence-electron chi connectivity index (χ0n) is 20.8. The van der Waals surface area contributed by atoms with Gasteiger partial charge in [-0.2, -0.15) is 0 Å². The van der Waals surface area contributed by atoms with Crippen molar-refractivity contribution in [1.82, 2.24) is 4.90 Å². The van der Waals surface area contributed by atoms with Gasteiger partial charge in [0.1, 0.15) is 5.92 Å². The van der Waals surface area contributed by atoms with Gasteiger partial charge >= 0.3 is 5.97 Å². The fraction of sp³-hybridized carbons (Fsp3) is 0.370. The lowest BCUT2D eigenvalue weighted by molar-refractivity contribution is -0.159. The summed E-state index contributed by atoms with van der Waals surface area (Å²) < 4.78 is 29.7. The number of carbonyl (C=O) groups is 3. The van der Waals surface area contributed by atoms with Crippen molar-refractivity contribution in [2.45, 2.75) is 43.1 Å². The summed E-state index contributed by atoms with van der Waals surface area (Å²) >= 11 is 6.59. The monoisotopic (exact) mass is 545 g/mol. The molecule has 1 N–H and O–H groups in total. The zero-order valence-corrected chi connectivity index (χ0v) is 22.4. The second-order valence-corrected chi connectivity index (χ2v) is 12.1. The van der Waals surface area contributed by atoms with E-state index in [2.05, 4.69) is 0 Å². The van der Waals surface area contributed by atoms with Crippen LogP contribution in [0.2, 0.25) is 5.02 Å². The van der Waals surface area contributed by atoms with E-state index in [-0.39, 0.29) is 29.0 Å². The first-order chi connectivity index (χ1) is 17.4. The molecule has 0 aromatic heterocycles. The van der Waals surface area contributed by atoms with Gasteiger partial charge in [-0.3, -0.25) is 14.4 Å². The number of esters is 1.